The van der Waals surface area contributed by atoms with E-state index in [-0.39, 0.29) is 11.6 Å². The smallest absolute Gasteiger partial charge is 0.233 e. The average molecular weight is 294 g/mol. The second kappa shape index (κ2) is 6.29. The molecule has 21 heavy (non-hydrogen) atoms. The van der Waals surface area contributed by atoms with E-state index < -0.39 is 11.6 Å². The lowest BCUT2D eigenvalue weighted by atomic mass is 10.3. The molecule has 2 rings (SSSR count). The fourth-order valence-electron chi connectivity index (χ4n) is 1.57. The second-order valence-corrected chi connectivity index (χ2v) is 4.46. The molecule has 0 atom stereocenters. The standard InChI is InChI=1S/C13H16F2N6/c1-4-16-11-18-12(20-13(19-11)21(2)3)17-10-7-8(14)5-6-9(10)15/h5-7H,4H2,1-3H3,(H2,16,17,18,19,20). The van der Waals surface area contributed by atoms with E-state index >= 15 is 0 Å². The molecule has 0 radical (unpaired) electrons. The van der Waals surface area contributed by atoms with Gasteiger partial charge in [-0.1, -0.05) is 0 Å². The molecule has 0 spiro atoms. The van der Waals surface area contributed by atoms with Gasteiger partial charge in [0.2, 0.25) is 17.8 Å². The van der Waals surface area contributed by atoms with Crippen molar-refractivity contribution < 1.29 is 8.78 Å². The molecule has 0 fully saturated rings. The quantitative estimate of drug-likeness (QED) is 0.882. The predicted octanol–water partition coefficient (Wildman–Crippen LogP) is 2.39. The zero-order valence-electron chi connectivity index (χ0n) is 12.0. The first-order valence-electron chi connectivity index (χ1n) is 6.39. The number of aromatic nitrogens is 3. The van der Waals surface area contributed by atoms with Gasteiger partial charge in [0.05, 0.1) is 5.69 Å². The minimum absolute atomic E-state index is 0.0339. The number of rotatable bonds is 5. The van der Waals surface area contributed by atoms with Gasteiger partial charge in [0.25, 0.3) is 0 Å². The van der Waals surface area contributed by atoms with Gasteiger partial charge in [-0.25, -0.2) is 8.78 Å². The summed E-state index contributed by atoms with van der Waals surface area (Å²) in [6.45, 7) is 2.53. The van der Waals surface area contributed by atoms with Crippen molar-refractivity contribution in [3.63, 3.8) is 0 Å². The van der Waals surface area contributed by atoms with Gasteiger partial charge >= 0.3 is 0 Å². The summed E-state index contributed by atoms with van der Waals surface area (Å²) in [5, 5.41) is 5.62. The molecule has 0 bridgehead atoms. The highest BCUT2D eigenvalue weighted by Crippen LogP contribution is 2.20. The zero-order chi connectivity index (χ0) is 15.4. The van der Waals surface area contributed by atoms with Crippen LogP contribution in [0.25, 0.3) is 0 Å². The van der Waals surface area contributed by atoms with Crippen LogP contribution >= 0.6 is 0 Å². The highest BCUT2D eigenvalue weighted by molar-refractivity contribution is 5.56. The third-order valence-corrected chi connectivity index (χ3v) is 2.53. The highest BCUT2D eigenvalue weighted by atomic mass is 19.1. The van der Waals surface area contributed by atoms with Crippen molar-refractivity contribution in [1.29, 1.82) is 0 Å². The minimum Gasteiger partial charge on any atom is -0.354 e. The van der Waals surface area contributed by atoms with Gasteiger partial charge in [0.15, 0.2) is 0 Å². The Bertz CT molecular complexity index is 632. The van der Waals surface area contributed by atoms with Gasteiger partial charge in [0, 0.05) is 26.7 Å². The molecule has 112 valence electrons. The lowest BCUT2D eigenvalue weighted by Crippen LogP contribution is -2.16. The Kier molecular flexibility index (Phi) is 4.46. The van der Waals surface area contributed by atoms with Gasteiger partial charge in [0.1, 0.15) is 11.6 Å². The van der Waals surface area contributed by atoms with E-state index in [2.05, 4.69) is 25.6 Å². The van der Waals surface area contributed by atoms with Crippen molar-refractivity contribution in [3.05, 3.63) is 29.8 Å². The molecule has 0 saturated carbocycles. The fourth-order valence-corrected chi connectivity index (χ4v) is 1.57. The molecule has 0 aliphatic carbocycles. The number of nitrogens with zero attached hydrogens (tertiary/aromatic N) is 4. The van der Waals surface area contributed by atoms with Crippen molar-refractivity contribution in [2.24, 2.45) is 0 Å². The number of nitrogens with one attached hydrogen (secondary N) is 2. The molecule has 2 aromatic rings. The third kappa shape index (κ3) is 3.74. The van der Waals surface area contributed by atoms with Crippen LogP contribution in [0.4, 0.5) is 32.3 Å². The van der Waals surface area contributed by atoms with E-state index in [0.717, 1.165) is 18.2 Å². The van der Waals surface area contributed by atoms with Gasteiger partial charge in [-0.15, -0.1) is 0 Å². The molecule has 1 aromatic heterocycles. The normalized spacial score (nSPS) is 10.3. The number of benzene rings is 1. The van der Waals surface area contributed by atoms with Crippen LogP contribution in [-0.4, -0.2) is 35.6 Å². The first kappa shape index (κ1) is 14.9. The topological polar surface area (TPSA) is 66.0 Å². The summed E-state index contributed by atoms with van der Waals surface area (Å²) in [5.41, 5.74) is -0.0339. The summed E-state index contributed by atoms with van der Waals surface area (Å²) < 4.78 is 26.8. The van der Waals surface area contributed by atoms with Crippen molar-refractivity contribution >= 4 is 23.5 Å². The molecule has 6 nitrogen and oxygen atoms in total. The molecular weight excluding hydrogens is 278 g/mol. The Hall–Kier alpha value is -2.51. The van der Waals surface area contributed by atoms with Crippen LogP contribution in [0.3, 0.4) is 0 Å². The van der Waals surface area contributed by atoms with Gasteiger partial charge < -0.3 is 15.5 Å². The van der Waals surface area contributed by atoms with Crippen molar-refractivity contribution in [2.75, 3.05) is 36.2 Å². The summed E-state index contributed by atoms with van der Waals surface area (Å²) in [6.07, 6.45) is 0. The van der Waals surface area contributed by atoms with Gasteiger partial charge in [-0.3, -0.25) is 0 Å². The summed E-state index contributed by atoms with van der Waals surface area (Å²) in [6, 6.07) is 3.13. The van der Waals surface area contributed by atoms with Crippen molar-refractivity contribution in [1.82, 2.24) is 15.0 Å². The first-order chi connectivity index (χ1) is 9.99. The summed E-state index contributed by atoms with van der Waals surface area (Å²) in [5.74, 6) is -0.245. The largest absolute Gasteiger partial charge is 0.354 e. The predicted molar refractivity (Wildman–Crippen MR) is 78.0 cm³/mol. The van der Waals surface area contributed by atoms with Crippen LogP contribution in [0, 0.1) is 11.6 Å². The number of halogens is 2. The number of hydrogen-bond acceptors (Lipinski definition) is 6. The second-order valence-electron chi connectivity index (χ2n) is 4.46. The Balaban J connectivity index is 2.36. The Morgan fingerprint density at radius 2 is 1.81 bits per heavy atom. The van der Waals surface area contributed by atoms with Crippen LogP contribution in [0.5, 0.6) is 0 Å². The monoisotopic (exact) mass is 294 g/mol. The highest BCUT2D eigenvalue weighted by Gasteiger charge is 2.10. The van der Waals surface area contributed by atoms with Crippen molar-refractivity contribution in [3.8, 4) is 0 Å². The van der Waals surface area contributed by atoms with Gasteiger partial charge in [-0.2, -0.15) is 15.0 Å². The molecule has 8 heteroatoms. The summed E-state index contributed by atoms with van der Waals surface area (Å²) in [4.78, 5) is 14.1. The fraction of sp³-hybridized carbons (Fsp3) is 0.308. The molecule has 0 saturated heterocycles. The third-order valence-electron chi connectivity index (χ3n) is 2.53. The average Bonchev–Trinajstić information content (AvgIpc) is 2.43. The SMILES string of the molecule is CCNc1nc(Nc2cc(F)ccc2F)nc(N(C)C)n1. The lowest BCUT2D eigenvalue weighted by Gasteiger charge is -2.14. The Labute approximate surface area is 121 Å². The van der Waals surface area contributed by atoms with Crippen LogP contribution in [0.1, 0.15) is 6.92 Å². The molecule has 0 aliphatic rings. The van der Waals surface area contributed by atoms with Gasteiger partial charge in [-0.05, 0) is 19.1 Å². The van der Waals surface area contributed by atoms with E-state index in [0.29, 0.717) is 18.4 Å². The van der Waals surface area contributed by atoms with Crippen LogP contribution in [-0.2, 0) is 0 Å². The van der Waals surface area contributed by atoms with E-state index in [1.54, 1.807) is 19.0 Å². The summed E-state index contributed by atoms with van der Waals surface area (Å²) in [7, 11) is 3.55. The maximum Gasteiger partial charge on any atom is 0.233 e. The zero-order valence-corrected chi connectivity index (χ0v) is 12.0. The molecule has 2 N–H and O–H groups in total. The molecule has 0 unspecified atom stereocenters. The maximum atomic E-state index is 13.6. The summed E-state index contributed by atoms with van der Waals surface area (Å²) >= 11 is 0. The van der Waals surface area contributed by atoms with E-state index in [4.69, 9.17) is 0 Å². The van der Waals surface area contributed by atoms with E-state index in [9.17, 15) is 8.78 Å². The Morgan fingerprint density at radius 3 is 2.48 bits per heavy atom. The van der Waals surface area contributed by atoms with E-state index in [1.807, 2.05) is 6.92 Å². The lowest BCUT2D eigenvalue weighted by molar-refractivity contribution is 0.603. The number of anilines is 4. The molecule has 0 aliphatic heterocycles. The number of hydrogen-bond donors (Lipinski definition) is 2. The van der Waals surface area contributed by atoms with Crippen LogP contribution in [0.15, 0.2) is 18.2 Å². The van der Waals surface area contributed by atoms with Crippen LogP contribution in [0.2, 0.25) is 0 Å². The maximum absolute atomic E-state index is 13.6. The molecule has 1 aromatic carbocycles. The molecule has 1 heterocycles. The minimum atomic E-state index is -0.590. The van der Waals surface area contributed by atoms with Crippen LogP contribution < -0.4 is 15.5 Å². The first-order valence-corrected chi connectivity index (χ1v) is 6.39. The van der Waals surface area contributed by atoms with Crippen molar-refractivity contribution in [2.45, 2.75) is 6.92 Å². The van der Waals surface area contributed by atoms with E-state index in [1.165, 1.54) is 0 Å². The molecule has 0 amide bonds. The molecular formula is C13H16F2N6. The Morgan fingerprint density at radius 1 is 1.10 bits per heavy atom.